The van der Waals surface area contributed by atoms with Crippen molar-refractivity contribution in [3.8, 4) is 5.75 Å². The number of rotatable bonds is 4. The molecule has 0 saturated carbocycles. The molecule has 0 aliphatic heterocycles. The molecule has 2 aromatic rings. The van der Waals surface area contributed by atoms with Gasteiger partial charge >= 0.3 is 11.8 Å². The molecule has 0 bridgehead atoms. The van der Waals surface area contributed by atoms with E-state index < -0.39 is 17.6 Å². The highest BCUT2D eigenvalue weighted by Crippen LogP contribution is 2.16. The number of hydrazone groups is 1. The van der Waals surface area contributed by atoms with E-state index in [1.807, 2.05) is 0 Å². The zero-order chi connectivity index (χ0) is 16.7. The van der Waals surface area contributed by atoms with Gasteiger partial charge in [0.05, 0.1) is 13.3 Å². The maximum Gasteiger partial charge on any atom is 0.329 e. The van der Waals surface area contributed by atoms with E-state index in [4.69, 9.17) is 4.74 Å². The molecule has 7 heteroatoms. The van der Waals surface area contributed by atoms with E-state index in [0.717, 1.165) is 0 Å². The lowest BCUT2D eigenvalue weighted by Gasteiger charge is -2.05. The Morgan fingerprint density at radius 3 is 2.65 bits per heavy atom. The third-order valence-electron chi connectivity index (χ3n) is 2.76. The van der Waals surface area contributed by atoms with Gasteiger partial charge in [-0.25, -0.2) is 9.82 Å². The average Bonchev–Trinajstić information content (AvgIpc) is 2.55. The van der Waals surface area contributed by atoms with Crippen LogP contribution in [0.3, 0.4) is 0 Å². The molecule has 0 aliphatic rings. The van der Waals surface area contributed by atoms with E-state index in [2.05, 4.69) is 15.8 Å². The minimum Gasteiger partial charge on any atom is -0.497 e. The SMILES string of the molecule is COc1cccc(NC(=O)C(=O)N/N=C/c2cccc(F)c2)c1. The molecule has 0 unspecified atom stereocenters. The van der Waals surface area contributed by atoms with Crippen molar-refractivity contribution in [3.63, 3.8) is 0 Å². The Balaban J connectivity index is 1.91. The molecule has 2 rings (SSSR count). The van der Waals surface area contributed by atoms with Crippen molar-refractivity contribution in [1.82, 2.24) is 5.43 Å². The van der Waals surface area contributed by atoms with Gasteiger partial charge in [0.1, 0.15) is 11.6 Å². The zero-order valence-electron chi connectivity index (χ0n) is 12.2. The van der Waals surface area contributed by atoms with Crippen LogP contribution < -0.4 is 15.5 Å². The molecular formula is C16H14FN3O3. The van der Waals surface area contributed by atoms with Gasteiger partial charge in [-0.2, -0.15) is 5.10 Å². The molecule has 0 saturated heterocycles. The summed E-state index contributed by atoms with van der Waals surface area (Å²) < 4.78 is 18.0. The van der Waals surface area contributed by atoms with Crippen molar-refractivity contribution < 1.29 is 18.7 Å². The number of hydrogen-bond acceptors (Lipinski definition) is 4. The van der Waals surface area contributed by atoms with Gasteiger partial charge in [-0.1, -0.05) is 18.2 Å². The molecular weight excluding hydrogens is 301 g/mol. The van der Waals surface area contributed by atoms with Crippen molar-refractivity contribution in [1.29, 1.82) is 0 Å². The predicted molar refractivity (Wildman–Crippen MR) is 83.8 cm³/mol. The minimum atomic E-state index is -0.944. The van der Waals surface area contributed by atoms with Gasteiger partial charge in [-0.3, -0.25) is 9.59 Å². The summed E-state index contributed by atoms with van der Waals surface area (Å²) in [6, 6.07) is 12.2. The quantitative estimate of drug-likeness (QED) is 0.514. The van der Waals surface area contributed by atoms with Crippen molar-refractivity contribution in [2.75, 3.05) is 12.4 Å². The fraction of sp³-hybridized carbons (Fsp3) is 0.0625. The number of ether oxygens (including phenoxy) is 1. The fourth-order valence-electron chi connectivity index (χ4n) is 1.69. The summed E-state index contributed by atoms with van der Waals surface area (Å²) >= 11 is 0. The number of anilines is 1. The number of carbonyl (C=O) groups excluding carboxylic acids is 2. The van der Waals surface area contributed by atoms with E-state index >= 15 is 0 Å². The topological polar surface area (TPSA) is 79.8 Å². The van der Waals surface area contributed by atoms with Gasteiger partial charge in [0, 0.05) is 11.8 Å². The monoisotopic (exact) mass is 315 g/mol. The van der Waals surface area contributed by atoms with Crippen LogP contribution in [0.15, 0.2) is 53.6 Å². The minimum absolute atomic E-state index is 0.415. The van der Waals surface area contributed by atoms with Gasteiger partial charge < -0.3 is 10.1 Å². The highest BCUT2D eigenvalue weighted by Gasteiger charge is 2.13. The number of hydrogen-bond donors (Lipinski definition) is 2. The maximum absolute atomic E-state index is 13.0. The maximum atomic E-state index is 13.0. The number of halogens is 1. The summed E-state index contributed by atoms with van der Waals surface area (Å²) in [4.78, 5) is 23.3. The van der Waals surface area contributed by atoms with Crippen molar-refractivity contribution >= 4 is 23.7 Å². The first-order valence-corrected chi connectivity index (χ1v) is 6.62. The van der Waals surface area contributed by atoms with Crippen LogP contribution in [0.5, 0.6) is 5.75 Å². The van der Waals surface area contributed by atoms with E-state index in [9.17, 15) is 14.0 Å². The molecule has 118 valence electrons. The summed E-state index contributed by atoms with van der Waals surface area (Å²) in [5, 5.41) is 6.01. The molecule has 0 heterocycles. The summed E-state index contributed by atoms with van der Waals surface area (Å²) in [5.41, 5.74) is 2.94. The number of amides is 2. The molecule has 0 radical (unpaired) electrons. The third kappa shape index (κ3) is 4.92. The van der Waals surface area contributed by atoms with Crippen molar-refractivity contribution in [2.45, 2.75) is 0 Å². The molecule has 23 heavy (non-hydrogen) atoms. The largest absolute Gasteiger partial charge is 0.497 e. The Hall–Kier alpha value is -3.22. The Morgan fingerprint density at radius 2 is 1.91 bits per heavy atom. The second-order valence-electron chi connectivity index (χ2n) is 4.44. The fourth-order valence-corrected chi connectivity index (χ4v) is 1.69. The summed E-state index contributed by atoms with van der Waals surface area (Å²) in [5.74, 6) is -1.70. The van der Waals surface area contributed by atoms with Crippen molar-refractivity contribution in [2.24, 2.45) is 5.10 Å². The first kappa shape index (κ1) is 16.2. The molecule has 2 N–H and O–H groups in total. The lowest BCUT2D eigenvalue weighted by molar-refractivity contribution is -0.136. The molecule has 0 atom stereocenters. The highest BCUT2D eigenvalue weighted by molar-refractivity contribution is 6.39. The van der Waals surface area contributed by atoms with Crippen LogP contribution >= 0.6 is 0 Å². The first-order chi connectivity index (χ1) is 11.1. The third-order valence-corrected chi connectivity index (χ3v) is 2.76. The van der Waals surface area contributed by atoms with Crippen LogP contribution in [0.4, 0.5) is 10.1 Å². The first-order valence-electron chi connectivity index (χ1n) is 6.62. The number of methoxy groups -OCH3 is 1. The van der Waals surface area contributed by atoms with E-state index in [0.29, 0.717) is 17.0 Å². The molecule has 0 spiro atoms. The lowest BCUT2D eigenvalue weighted by Crippen LogP contribution is -2.32. The van der Waals surface area contributed by atoms with Gasteiger partial charge in [0.25, 0.3) is 0 Å². The molecule has 0 aliphatic carbocycles. The number of nitrogens with one attached hydrogen (secondary N) is 2. The summed E-state index contributed by atoms with van der Waals surface area (Å²) in [6.45, 7) is 0. The normalized spacial score (nSPS) is 10.3. The van der Waals surface area contributed by atoms with Crippen molar-refractivity contribution in [3.05, 3.63) is 59.9 Å². The smallest absolute Gasteiger partial charge is 0.329 e. The van der Waals surface area contributed by atoms with Gasteiger partial charge in [0.15, 0.2) is 0 Å². The Kier molecular flexibility index (Phi) is 5.40. The zero-order valence-corrected chi connectivity index (χ0v) is 12.2. The molecule has 2 aromatic carbocycles. The average molecular weight is 315 g/mol. The molecule has 6 nitrogen and oxygen atoms in total. The van der Waals surface area contributed by atoms with Crippen LogP contribution in [0, 0.1) is 5.82 Å². The van der Waals surface area contributed by atoms with Crippen LogP contribution in [-0.2, 0) is 9.59 Å². The molecule has 0 fully saturated rings. The summed E-state index contributed by atoms with van der Waals surface area (Å²) in [6.07, 6.45) is 1.24. The van der Waals surface area contributed by atoms with E-state index in [-0.39, 0.29) is 0 Å². The highest BCUT2D eigenvalue weighted by atomic mass is 19.1. The molecule has 2 amide bonds. The van der Waals surface area contributed by atoms with Crippen LogP contribution in [-0.4, -0.2) is 25.1 Å². The number of benzene rings is 2. The van der Waals surface area contributed by atoms with Gasteiger partial charge in [-0.05, 0) is 29.8 Å². The van der Waals surface area contributed by atoms with Crippen LogP contribution in [0.2, 0.25) is 0 Å². The van der Waals surface area contributed by atoms with Crippen LogP contribution in [0.1, 0.15) is 5.56 Å². The van der Waals surface area contributed by atoms with E-state index in [1.54, 1.807) is 30.3 Å². The van der Waals surface area contributed by atoms with Gasteiger partial charge in [-0.15, -0.1) is 0 Å². The number of nitrogens with zero attached hydrogens (tertiary/aromatic N) is 1. The number of carbonyl (C=O) groups is 2. The Bertz CT molecular complexity index is 747. The van der Waals surface area contributed by atoms with E-state index in [1.165, 1.54) is 31.5 Å². The Labute approximate surface area is 132 Å². The summed E-state index contributed by atoms with van der Waals surface area (Å²) in [7, 11) is 1.49. The standard InChI is InChI=1S/C16H14FN3O3/c1-23-14-7-3-6-13(9-14)19-15(21)16(22)20-18-10-11-4-2-5-12(17)8-11/h2-10H,1H3,(H,19,21)(H,20,22)/b18-10+. The predicted octanol–water partition coefficient (Wildman–Crippen LogP) is 1.92. The van der Waals surface area contributed by atoms with Crippen LogP contribution in [0.25, 0.3) is 0 Å². The second kappa shape index (κ2) is 7.69. The second-order valence-corrected chi connectivity index (χ2v) is 4.44. The van der Waals surface area contributed by atoms with Gasteiger partial charge in [0.2, 0.25) is 0 Å². The molecule has 0 aromatic heterocycles. The lowest BCUT2D eigenvalue weighted by atomic mass is 10.2. The Morgan fingerprint density at radius 1 is 1.13 bits per heavy atom.